The van der Waals surface area contributed by atoms with E-state index in [1.807, 2.05) is 26.4 Å². The van der Waals surface area contributed by atoms with Crippen LogP contribution in [0.5, 0.6) is 0 Å². The van der Waals surface area contributed by atoms with E-state index in [9.17, 15) is 4.79 Å². The molecule has 0 unspecified atom stereocenters. The predicted octanol–water partition coefficient (Wildman–Crippen LogP) is 1.69. The third-order valence-corrected chi connectivity index (χ3v) is 5.09. The highest BCUT2D eigenvalue weighted by atomic mass is 32.1. The zero-order valence-corrected chi connectivity index (χ0v) is 13.9. The molecule has 2 aromatic rings. The van der Waals surface area contributed by atoms with E-state index in [0.717, 1.165) is 24.2 Å². The molecule has 1 aliphatic rings. The van der Waals surface area contributed by atoms with Crippen molar-refractivity contribution in [2.24, 2.45) is 13.0 Å². The smallest absolute Gasteiger partial charge is 0.231 e. The summed E-state index contributed by atoms with van der Waals surface area (Å²) < 4.78 is 1.78. The second-order valence-electron chi connectivity index (χ2n) is 5.68. The van der Waals surface area contributed by atoms with Gasteiger partial charge >= 0.3 is 0 Å². The summed E-state index contributed by atoms with van der Waals surface area (Å²) in [6.07, 6.45) is 4.73. The van der Waals surface area contributed by atoms with Gasteiger partial charge in [-0.2, -0.15) is 5.10 Å². The summed E-state index contributed by atoms with van der Waals surface area (Å²) in [4.78, 5) is 18.3. The van der Waals surface area contributed by atoms with Gasteiger partial charge in [-0.3, -0.25) is 9.48 Å². The lowest BCUT2D eigenvalue weighted by molar-refractivity contribution is -0.119. The molecule has 0 radical (unpaired) electrons. The number of aromatic nitrogens is 3. The number of carbonyl (C=O) groups excluding carboxylic acids is 1. The van der Waals surface area contributed by atoms with Crippen LogP contribution in [-0.4, -0.2) is 33.8 Å². The number of aryl methyl sites for hydroxylation is 3. The van der Waals surface area contributed by atoms with Crippen LogP contribution >= 0.6 is 11.3 Å². The molecular weight excluding hydrogens is 298 g/mol. The first-order valence-corrected chi connectivity index (χ1v) is 8.36. The summed E-state index contributed by atoms with van der Waals surface area (Å²) >= 11 is 1.55. The number of hydrogen-bond acceptors (Lipinski definition) is 5. The molecule has 2 atom stereocenters. The second kappa shape index (κ2) is 6.18. The molecule has 1 amide bonds. The quantitative estimate of drug-likeness (QED) is 0.899. The Labute approximate surface area is 133 Å². The molecule has 0 spiro atoms. The van der Waals surface area contributed by atoms with Crippen molar-refractivity contribution < 1.29 is 4.79 Å². The van der Waals surface area contributed by atoms with Crippen molar-refractivity contribution in [3.63, 3.8) is 0 Å². The average Bonchev–Trinajstić information content (AvgIpc) is 3.18. The first-order chi connectivity index (χ1) is 10.6. The first kappa shape index (κ1) is 15.2. The molecule has 1 aliphatic heterocycles. The number of amides is 1. The molecule has 3 rings (SSSR count). The number of nitrogens with one attached hydrogen (secondary N) is 2. The van der Waals surface area contributed by atoms with Gasteiger partial charge in [0.2, 0.25) is 5.91 Å². The molecule has 3 heterocycles. The first-order valence-electron chi connectivity index (χ1n) is 7.55. The van der Waals surface area contributed by atoms with Gasteiger partial charge in [0, 0.05) is 37.1 Å². The normalized spacial score (nSPS) is 21.2. The summed E-state index contributed by atoms with van der Waals surface area (Å²) in [6, 6.07) is 0. The molecule has 0 bridgehead atoms. The lowest BCUT2D eigenvalue weighted by atomic mass is 9.90. The number of hydrogen-bond donors (Lipinski definition) is 2. The largest absolute Gasteiger partial charge is 0.315 e. The van der Waals surface area contributed by atoms with Crippen LogP contribution < -0.4 is 10.6 Å². The minimum Gasteiger partial charge on any atom is -0.315 e. The fourth-order valence-corrected chi connectivity index (χ4v) is 3.85. The summed E-state index contributed by atoms with van der Waals surface area (Å²) in [7, 11) is 1.89. The maximum atomic E-state index is 12.6. The van der Waals surface area contributed by atoms with E-state index in [1.54, 1.807) is 16.0 Å². The Balaban J connectivity index is 1.73. The minimum atomic E-state index is -0.0847. The number of carbonyl (C=O) groups is 1. The fraction of sp³-hybridized carbons (Fsp3) is 0.533. The molecule has 0 aliphatic carbocycles. The van der Waals surface area contributed by atoms with Gasteiger partial charge in [-0.25, -0.2) is 4.98 Å². The molecule has 7 heteroatoms. The standard InChI is InChI=1S/C15H21N5OS/c1-4-13-9(2)22-15(18-13)19-14(21)12-7-16-6-11(12)10-5-17-20(3)8-10/h5,8,11-12,16H,4,6-7H2,1-3H3,(H,18,19,21)/t11-,12+/m1/s1. The third kappa shape index (κ3) is 2.91. The molecule has 0 aromatic carbocycles. The van der Waals surface area contributed by atoms with Gasteiger partial charge < -0.3 is 10.6 Å². The number of anilines is 1. The van der Waals surface area contributed by atoms with Crippen LogP contribution in [0.3, 0.4) is 0 Å². The van der Waals surface area contributed by atoms with Crippen LogP contribution in [-0.2, 0) is 18.3 Å². The van der Waals surface area contributed by atoms with Crippen LogP contribution in [0.15, 0.2) is 12.4 Å². The molecule has 2 aromatic heterocycles. The molecule has 2 N–H and O–H groups in total. The Kier molecular flexibility index (Phi) is 4.26. The highest BCUT2D eigenvalue weighted by Crippen LogP contribution is 2.30. The van der Waals surface area contributed by atoms with Crippen LogP contribution in [0.4, 0.5) is 5.13 Å². The van der Waals surface area contributed by atoms with Crippen molar-refractivity contribution in [2.75, 3.05) is 18.4 Å². The van der Waals surface area contributed by atoms with E-state index in [2.05, 4.69) is 27.6 Å². The van der Waals surface area contributed by atoms with Gasteiger partial charge in [0.15, 0.2) is 5.13 Å². The van der Waals surface area contributed by atoms with Crippen LogP contribution in [0.2, 0.25) is 0 Å². The van der Waals surface area contributed by atoms with E-state index < -0.39 is 0 Å². The molecule has 118 valence electrons. The number of rotatable bonds is 4. The summed E-state index contributed by atoms with van der Waals surface area (Å²) in [5, 5.41) is 11.2. The molecule has 1 fully saturated rings. The lowest BCUT2D eigenvalue weighted by Crippen LogP contribution is -2.28. The van der Waals surface area contributed by atoms with Gasteiger partial charge in [0.25, 0.3) is 0 Å². The monoisotopic (exact) mass is 319 g/mol. The van der Waals surface area contributed by atoms with E-state index in [0.29, 0.717) is 11.7 Å². The van der Waals surface area contributed by atoms with Crippen molar-refractivity contribution >= 4 is 22.4 Å². The summed E-state index contributed by atoms with van der Waals surface area (Å²) in [5.41, 5.74) is 2.17. The molecule has 1 saturated heterocycles. The van der Waals surface area contributed by atoms with Gasteiger partial charge in [0.05, 0.1) is 17.8 Å². The van der Waals surface area contributed by atoms with Crippen molar-refractivity contribution in [3.8, 4) is 0 Å². The van der Waals surface area contributed by atoms with Crippen molar-refractivity contribution in [2.45, 2.75) is 26.2 Å². The van der Waals surface area contributed by atoms with Gasteiger partial charge in [-0.05, 0) is 18.9 Å². The second-order valence-corrected chi connectivity index (χ2v) is 6.89. The van der Waals surface area contributed by atoms with E-state index in [1.165, 1.54) is 4.88 Å². The Morgan fingerprint density at radius 2 is 2.36 bits per heavy atom. The Hall–Kier alpha value is -1.73. The lowest BCUT2D eigenvalue weighted by Gasteiger charge is -2.15. The van der Waals surface area contributed by atoms with E-state index >= 15 is 0 Å². The Morgan fingerprint density at radius 1 is 1.55 bits per heavy atom. The molecule has 6 nitrogen and oxygen atoms in total. The minimum absolute atomic E-state index is 0.0373. The summed E-state index contributed by atoms with van der Waals surface area (Å²) in [5.74, 6) is 0.120. The highest BCUT2D eigenvalue weighted by molar-refractivity contribution is 7.15. The zero-order chi connectivity index (χ0) is 15.7. The van der Waals surface area contributed by atoms with Crippen molar-refractivity contribution in [3.05, 3.63) is 28.5 Å². The predicted molar refractivity (Wildman–Crippen MR) is 87.2 cm³/mol. The topological polar surface area (TPSA) is 71.8 Å². The van der Waals surface area contributed by atoms with Crippen LogP contribution in [0.25, 0.3) is 0 Å². The Morgan fingerprint density at radius 3 is 3.00 bits per heavy atom. The summed E-state index contributed by atoms with van der Waals surface area (Å²) in [6.45, 7) is 5.62. The van der Waals surface area contributed by atoms with Gasteiger partial charge in [-0.15, -0.1) is 11.3 Å². The number of thiazole rings is 1. The highest BCUT2D eigenvalue weighted by Gasteiger charge is 2.35. The fourth-order valence-electron chi connectivity index (χ4n) is 2.94. The van der Waals surface area contributed by atoms with Gasteiger partial charge in [0.1, 0.15) is 0 Å². The molecule has 22 heavy (non-hydrogen) atoms. The molecular formula is C15H21N5OS. The number of nitrogens with zero attached hydrogens (tertiary/aromatic N) is 3. The average molecular weight is 319 g/mol. The Bertz CT molecular complexity index is 677. The maximum absolute atomic E-state index is 12.6. The molecule has 0 saturated carbocycles. The van der Waals surface area contributed by atoms with Crippen LogP contribution in [0.1, 0.15) is 29.0 Å². The SMILES string of the molecule is CCc1nc(NC(=O)[C@H]2CNC[C@@H]2c2cnn(C)c2)sc1C. The zero-order valence-electron chi connectivity index (χ0n) is 13.1. The van der Waals surface area contributed by atoms with Crippen LogP contribution in [0, 0.1) is 12.8 Å². The van der Waals surface area contributed by atoms with E-state index in [-0.39, 0.29) is 17.7 Å². The maximum Gasteiger partial charge on any atom is 0.231 e. The van der Waals surface area contributed by atoms with E-state index in [4.69, 9.17) is 0 Å². The van der Waals surface area contributed by atoms with Crippen molar-refractivity contribution in [1.29, 1.82) is 0 Å². The third-order valence-electron chi connectivity index (χ3n) is 4.16. The van der Waals surface area contributed by atoms with Gasteiger partial charge in [-0.1, -0.05) is 6.92 Å². The van der Waals surface area contributed by atoms with Crippen molar-refractivity contribution in [1.82, 2.24) is 20.1 Å².